The molecule has 14 heavy (non-hydrogen) atoms. The lowest BCUT2D eigenvalue weighted by Gasteiger charge is -2.35. The molecular formula is C8H12N2O2S2. The van der Waals surface area contributed by atoms with E-state index in [4.69, 9.17) is 5.73 Å². The van der Waals surface area contributed by atoms with Gasteiger partial charge in [0.2, 0.25) is 0 Å². The predicted octanol–water partition coefficient (Wildman–Crippen LogP) is 0.388. The van der Waals surface area contributed by atoms with Crippen LogP contribution in [-0.4, -0.2) is 31.9 Å². The van der Waals surface area contributed by atoms with E-state index in [0.29, 0.717) is 17.3 Å². The zero-order valence-electron chi connectivity index (χ0n) is 7.80. The SMILES string of the molecule is Cc1ccc(S(=O)(=O)N2CC(N)C2)s1. The normalized spacial score (nSPS) is 19.6. The third kappa shape index (κ3) is 1.58. The fourth-order valence-electron chi connectivity index (χ4n) is 1.34. The van der Waals surface area contributed by atoms with Crippen LogP contribution in [0.1, 0.15) is 4.88 Å². The third-order valence-electron chi connectivity index (χ3n) is 2.19. The van der Waals surface area contributed by atoms with E-state index in [9.17, 15) is 8.42 Å². The molecule has 1 aromatic heterocycles. The summed E-state index contributed by atoms with van der Waals surface area (Å²) in [6, 6.07) is 3.47. The zero-order chi connectivity index (χ0) is 10.3. The monoisotopic (exact) mass is 232 g/mol. The number of aryl methyl sites for hydroxylation is 1. The first kappa shape index (κ1) is 10.1. The molecular weight excluding hydrogens is 220 g/mol. The molecule has 0 bridgehead atoms. The minimum atomic E-state index is -3.24. The van der Waals surface area contributed by atoms with Gasteiger partial charge in [0.25, 0.3) is 10.0 Å². The summed E-state index contributed by atoms with van der Waals surface area (Å²) in [5.74, 6) is 0. The Morgan fingerprint density at radius 2 is 2.14 bits per heavy atom. The van der Waals surface area contributed by atoms with E-state index in [-0.39, 0.29) is 6.04 Å². The molecule has 0 saturated carbocycles. The van der Waals surface area contributed by atoms with Crippen molar-refractivity contribution in [1.29, 1.82) is 0 Å². The lowest BCUT2D eigenvalue weighted by molar-refractivity contribution is 0.266. The number of thiophene rings is 1. The summed E-state index contributed by atoms with van der Waals surface area (Å²) in [6.45, 7) is 2.78. The Bertz CT molecular complexity index is 432. The average molecular weight is 232 g/mol. The Morgan fingerprint density at radius 3 is 2.57 bits per heavy atom. The van der Waals surface area contributed by atoms with E-state index in [1.165, 1.54) is 15.6 Å². The van der Waals surface area contributed by atoms with Crippen LogP contribution >= 0.6 is 11.3 Å². The van der Waals surface area contributed by atoms with Crippen LogP contribution in [0, 0.1) is 6.92 Å². The second-order valence-electron chi connectivity index (χ2n) is 3.45. The smallest absolute Gasteiger partial charge is 0.252 e. The van der Waals surface area contributed by atoms with Gasteiger partial charge in [-0.3, -0.25) is 0 Å². The molecule has 0 aliphatic carbocycles. The number of nitrogens with zero attached hydrogens (tertiary/aromatic N) is 1. The van der Waals surface area contributed by atoms with Gasteiger partial charge < -0.3 is 5.73 Å². The van der Waals surface area contributed by atoms with Gasteiger partial charge in [0.05, 0.1) is 0 Å². The minimum absolute atomic E-state index is 0.00540. The molecule has 0 unspecified atom stereocenters. The van der Waals surface area contributed by atoms with E-state index in [2.05, 4.69) is 0 Å². The van der Waals surface area contributed by atoms with E-state index in [0.717, 1.165) is 4.88 Å². The highest BCUT2D eigenvalue weighted by molar-refractivity contribution is 7.91. The van der Waals surface area contributed by atoms with Crippen molar-refractivity contribution >= 4 is 21.4 Å². The van der Waals surface area contributed by atoms with E-state index >= 15 is 0 Å². The van der Waals surface area contributed by atoms with Crippen molar-refractivity contribution in [3.05, 3.63) is 17.0 Å². The predicted molar refractivity (Wildman–Crippen MR) is 55.8 cm³/mol. The maximum atomic E-state index is 11.9. The summed E-state index contributed by atoms with van der Waals surface area (Å²) < 4.78 is 25.5. The fourth-order valence-corrected chi connectivity index (χ4v) is 4.34. The highest BCUT2D eigenvalue weighted by atomic mass is 32.2. The maximum absolute atomic E-state index is 11.9. The first-order valence-corrected chi connectivity index (χ1v) is 6.58. The maximum Gasteiger partial charge on any atom is 0.252 e. The number of rotatable bonds is 2. The molecule has 0 spiro atoms. The van der Waals surface area contributed by atoms with Crippen LogP contribution in [0.5, 0.6) is 0 Å². The van der Waals surface area contributed by atoms with Gasteiger partial charge in [-0.2, -0.15) is 4.31 Å². The van der Waals surface area contributed by atoms with Crippen molar-refractivity contribution in [3.8, 4) is 0 Å². The molecule has 78 valence electrons. The summed E-state index contributed by atoms with van der Waals surface area (Å²) >= 11 is 1.30. The topological polar surface area (TPSA) is 63.4 Å². The van der Waals surface area contributed by atoms with Gasteiger partial charge in [0.15, 0.2) is 0 Å². The summed E-state index contributed by atoms with van der Waals surface area (Å²) in [6.07, 6.45) is 0. The molecule has 1 aliphatic rings. The highest BCUT2D eigenvalue weighted by Crippen LogP contribution is 2.26. The number of nitrogens with two attached hydrogens (primary N) is 1. The van der Waals surface area contributed by atoms with Crippen LogP contribution in [0.4, 0.5) is 0 Å². The van der Waals surface area contributed by atoms with Gasteiger partial charge in [-0.1, -0.05) is 0 Å². The Balaban J connectivity index is 2.25. The quantitative estimate of drug-likeness (QED) is 0.802. The number of hydrogen-bond donors (Lipinski definition) is 1. The fraction of sp³-hybridized carbons (Fsp3) is 0.500. The van der Waals surface area contributed by atoms with Gasteiger partial charge in [-0.15, -0.1) is 11.3 Å². The third-order valence-corrected chi connectivity index (χ3v) is 5.49. The van der Waals surface area contributed by atoms with E-state index in [1.807, 2.05) is 13.0 Å². The van der Waals surface area contributed by atoms with Crippen LogP contribution in [-0.2, 0) is 10.0 Å². The Hall–Kier alpha value is -0.430. The van der Waals surface area contributed by atoms with Gasteiger partial charge in [-0.05, 0) is 19.1 Å². The van der Waals surface area contributed by atoms with Crippen molar-refractivity contribution in [2.75, 3.05) is 13.1 Å². The van der Waals surface area contributed by atoms with Gasteiger partial charge in [0.1, 0.15) is 4.21 Å². The molecule has 0 aromatic carbocycles. The van der Waals surface area contributed by atoms with Crippen molar-refractivity contribution in [2.24, 2.45) is 5.73 Å². The van der Waals surface area contributed by atoms with Crippen LogP contribution in [0.25, 0.3) is 0 Å². The van der Waals surface area contributed by atoms with Crippen molar-refractivity contribution < 1.29 is 8.42 Å². The van der Waals surface area contributed by atoms with Gasteiger partial charge in [0, 0.05) is 24.0 Å². The van der Waals surface area contributed by atoms with Crippen LogP contribution in [0.3, 0.4) is 0 Å². The minimum Gasteiger partial charge on any atom is -0.325 e. The molecule has 0 atom stereocenters. The molecule has 2 heterocycles. The van der Waals surface area contributed by atoms with Crippen LogP contribution in [0.2, 0.25) is 0 Å². The van der Waals surface area contributed by atoms with Crippen molar-refractivity contribution in [3.63, 3.8) is 0 Å². The van der Waals surface area contributed by atoms with Crippen LogP contribution in [0.15, 0.2) is 16.3 Å². The zero-order valence-corrected chi connectivity index (χ0v) is 9.44. The Morgan fingerprint density at radius 1 is 1.50 bits per heavy atom. The standard InChI is InChI=1S/C8H12N2O2S2/c1-6-2-3-8(13-6)14(11,12)10-4-7(9)5-10/h2-3,7H,4-5,9H2,1H3. The van der Waals surface area contributed by atoms with Gasteiger partial charge in [-0.25, -0.2) is 8.42 Å². The molecule has 1 saturated heterocycles. The molecule has 4 nitrogen and oxygen atoms in total. The van der Waals surface area contributed by atoms with Crippen molar-refractivity contribution in [1.82, 2.24) is 4.31 Å². The second kappa shape index (κ2) is 3.30. The van der Waals surface area contributed by atoms with Gasteiger partial charge >= 0.3 is 0 Å². The van der Waals surface area contributed by atoms with Crippen LogP contribution < -0.4 is 5.73 Å². The highest BCUT2D eigenvalue weighted by Gasteiger charge is 2.35. The molecule has 1 fully saturated rings. The molecule has 0 amide bonds. The first-order valence-electron chi connectivity index (χ1n) is 4.32. The molecule has 6 heteroatoms. The number of hydrogen-bond acceptors (Lipinski definition) is 4. The second-order valence-corrected chi connectivity index (χ2v) is 6.90. The van der Waals surface area contributed by atoms with Crippen molar-refractivity contribution in [2.45, 2.75) is 17.2 Å². The molecule has 1 aliphatic heterocycles. The lowest BCUT2D eigenvalue weighted by Crippen LogP contribution is -2.57. The lowest BCUT2D eigenvalue weighted by atomic mass is 10.2. The van der Waals surface area contributed by atoms with E-state index in [1.54, 1.807) is 6.07 Å². The molecule has 2 N–H and O–H groups in total. The molecule has 1 aromatic rings. The average Bonchev–Trinajstić information content (AvgIpc) is 2.46. The largest absolute Gasteiger partial charge is 0.325 e. The van der Waals surface area contributed by atoms with E-state index < -0.39 is 10.0 Å². The summed E-state index contributed by atoms with van der Waals surface area (Å²) in [4.78, 5) is 1.01. The summed E-state index contributed by atoms with van der Waals surface area (Å²) in [5.41, 5.74) is 5.55. The first-order chi connectivity index (χ1) is 6.50. The molecule has 2 rings (SSSR count). The Kier molecular flexibility index (Phi) is 2.38. The summed E-state index contributed by atoms with van der Waals surface area (Å²) in [7, 11) is -3.24. The number of sulfonamides is 1. The summed E-state index contributed by atoms with van der Waals surface area (Å²) in [5, 5.41) is 0. The molecule has 0 radical (unpaired) electrons. The Labute approximate surface area is 87.4 Å².